The summed E-state index contributed by atoms with van der Waals surface area (Å²) in [6.45, 7) is 4.88. The number of nitrogens with one attached hydrogen (secondary N) is 1. The van der Waals surface area contributed by atoms with Crippen LogP contribution in [-0.2, 0) is 30.5 Å². The summed E-state index contributed by atoms with van der Waals surface area (Å²) in [5.74, 6) is -0.874. The Morgan fingerprint density at radius 2 is 1.72 bits per heavy atom. The second-order valence-electron chi connectivity index (χ2n) is 7.79. The molecule has 10 nitrogen and oxygen atoms in total. The zero-order valence-corrected chi connectivity index (χ0v) is 18.8. The van der Waals surface area contributed by atoms with E-state index in [0.717, 1.165) is 25.3 Å². The van der Waals surface area contributed by atoms with E-state index in [2.05, 4.69) is 10.1 Å². The van der Waals surface area contributed by atoms with Gasteiger partial charge < -0.3 is 14.8 Å². The summed E-state index contributed by atoms with van der Waals surface area (Å²) >= 11 is 0. The van der Waals surface area contributed by atoms with Gasteiger partial charge in [0, 0.05) is 18.1 Å². The van der Waals surface area contributed by atoms with E-state index in [-0.39, 0.29) is 21.8 Å². The number of rotatable bonds is 7. The number of nitro benzene ring substituents is 1. The number of benzene rings is 2. The summed E-state index contributed by atoms with van der Waals surface area (Å²) in [7, 11) is -2.87. The number of hydrogen-bond acceptors (Lipinski definition) is 8. The Kier molecular flexibility index (Phi) is 7.57. The molecule has 0 saturated heterocycles. The zero-order valence-electron chi connectivity index (χ0n) is 18.0. The van der Waals surface area contributed by atoms with E-state index in [9.17, 15) is 28.1 Å². The summed E-state index contributed by atoms with van der Waals surface area (Å²) in [5, 5.41) is 13.8. The van der Waals surface area contributed by atoms with E-state index in [1.807, 2.05) is 0 Å². The number of ether oxygens (including phenoxy) is 2. The number of methoxy groups -OCH3 is 1. The van der Waals surface area contributed by atoms with E-state index < -0.39 is 44.2 Å². The van der Waals surface area contributed by atoms with Crippen molar-refractivity contribution in [2.24, 2.45) is 0 Å². The molecule has 0 heterocycles. The largest absolute Gasteiger partial charge is 0.467 e. The van der Waals surface area contributed by atoms with Crippen LogP contribution >= 0.6 is 0 Å². The number of carbonyl (C=O) groups is 2. The molecule has 2 aromatic rings. The minimum Gasteiger partial charge on any atom is -0.467 e. The van der Waals surface area contributed by atoms with Crippen LogP contribution in [0.1, 0.15) is 26.3 Å². The standard InChI is InChI=1S/C21H24N2O8S/c1-21(2,3)31-20(25)22-17(19(24)30-4)13-14-12-16(10-11-18(14)23(26)27)32(28,29)15-8-6-5-7-9-15/h5-12,17H,13H2,1-4H3,(H,22,25)/t17-/m0/s1. The average molecular weight is 464 g/mol. The average Bonchev–Trinajstić information content (AvgIpc) is 2.71. The number of nitrogens with zero attached hydrogens (tertiary/aromatic N) is 1. The SMILES string of the molecule is COC(=O)[C@H](Cc1cc(S(=O)(=O)c2ccccc2)ccc1[N+](=O)[O-])NC(=O)OC(C)(C)C. The first-order valence-corrected chi connectivity index (χ1v) is 11.0. The fourth-order valence-corrected chi connectivity index (χ4v) is 4.14. The van der Waals surface area contributed by atoms with E-state index >= 15 is 0 Å². The molecule has 172 valence electrons. The van der Waals surface area contributed by atoms with Crippen LogP contribution in [0.3, 0.4) is 0 Å². The summed E-state index contributed by atoms with van der Waals surface area (Å²) in [6.07, 6.45) is -1.32. The Balaban J connectivity index is 2.46. The Hall–Kier alpha value is -3.47. The molecule has 1 atom stereocenters. The Morgan fingerprint density at radius 3 is 2.25 bits per heavy atom. The molecule has 0 bridgehead atoms. The quantitative estimate of drug-likeness (QED) is 0.374. The highest BCUT2D eigenvalue weighted by atomic mass is 32.2. The fourth-order valence-electron chi connectivity index (χ4n) is 2.81. The van der Waals surface area contributed by atoms with Crippen LogP contribution in [-0.4, -0.2) is 44.2 Å². The van der Waals surface area contributed by atoms with Gasteiger partial charge in [-0.15, -0.1) is 0 Å². The summed E-state index contributed by atoms with van der Waals surface area (Å²) in [6, 6.07) is 9.51. The third-order valence-electron chi connectivity index (χ3n) is 4.21. The molecule has 0 aliphatic heterocycles. The fraction of sp³-hybridized carbons (Fsp3) is 0.333. The first-order valence-electron chi connectivity index (χ1n) is 9.50. The van der Waals surface area contributed by atoms with E-state index in [4.69, 9.17) is 4.74 Å². The minimum absolute atomic E-state index is 0.0104. The number of alkyl carbamates (subject to hydrolysis) is 1. The van der Waals surface area contributed by atoms with Crippen LogP contribution in [0.5, 0.6) is 0 Å². The number of sulfone groups is 1. The number of hydrogen-bond donors (Lipinski definition) is 1. The zero-order chi connectivity index (χ0) is 24.1. The Bertz CT molecular complexity index is 1110. The molecule has 0 radical (unpaired) electrons. The summed E-state index contributed by atoms with van der Waals surface area (Å²) in [4.78, 5) is 35.0. The van der Waals surface area contributed by atoms with Crippen molar-refractivity contribution in [3.63, 3.8) is 0 Å². The van der Waals surface area contributed by atoms with Gasteiger partial charge in [0.05, 0.1) is 21.8 Å². The smallest absolute Gasteiger partial charge is 0.408 e. The monoisotopic (exact) mass is 464 g/mol. The number of carbonyl (C=O) groups excluding carboxylic acids is 2. The lowest BCUT2D eigenvalue weighted by atomic mass is 10.0. The summed E-state index contributed by atoms with van der Waals surface area (Å²) < 4.78 is 35.7. The topological polar surface area (TPSA) is 142 Å². The van der Waals surface area contributed by atoms with Gasteiger partial charge in [-0.25, -0.2) is 18.0 Å². The molecule has 32 heavy (non-hydrogen) atoms. The van der Waals surface area contributed by atoms with E-state index in [1.54, 1.807) is 39.0 Å². The van der Waals surface area contributed by atoms with Gasteiger partial charge in [-0.2, -0.15) is 0 Å². The van der Waals surface area contributed by atoms with Crippen LogP contribution in [0.15, 0.2) is 58.3 Å². The van der Waals surface area contributed by atoms with Crippen molar-refractivity contribution in [3.8, 4) is 0 Å². The predicted molar refractivity (Wildman–Crippen MR) is 114 cm³/mol. The van der Waals surface area contributed by atoms with Gasteiger partial charge in [0.15, 0.2) is 0 Å². The maximum atomic E-state index is 12.9. The highest BCUT2D eigenvalue weighted by Gasteiger charge is 2.29. The van der Waals surface area contributed by atoms with Crippen molar-refractivity contribution < 1.29 is 32.4 Å². The summed E-state index contributed by atoms with van der Waals surface area (Å²) in [5.41, 5.74) is -1.32. The number of esters is 1. The number of amides is 1. The van der Waals surface area contributed by atoms with E-state index in [0.29, 0.717) is 0 Å². The molecule has 0 fully saturated rings. The third kappa shape index (κ3) is 6.27. The van der Waals surface area contributed by atoms with Gasteiger partial charge in [-0.05, 0) is 45.0 Å². The lowest BCUT2D eigenvalue weighted by molar-refractivity contribution is -0.385. The van der Waals surface area contributed by atoms with Crippen LogP contribution in [0.4, 0.5) is 10.5 Å². The molecule has 0 spiro atoms. The van der Waals surface area contributed by atoms with Crippen molar-refractivity contribution in [3.05, 3.63) is 64.2 Å². The first kappa shape index (κ1) is 24.8. The molecule has 0 saturated carbocycles. The molecular weight excluding hydrogens is 440 g/mol. The van der Waals surface area contributed by atoms with E-state index in [1.165, 1.54) is 12.1 Å². The normalized spacial score (nSPS) is 12.5. The third-order valence-corrected chi connectivity index (χ3v) is 5.98. The van der Waals surface area contributed by atoms with Crippen LogP contribution in [0, 0.1) is 10.1 Å². The van der Waals surface area contributed by atoms with Crippen molar-refractivity contribution in [1.82, 2.24) is 5.32 Å². The molecule has 0 aliphatic carbocycles. The van der Waals surface area contributed by atoms with Gasteiger partial charge in [-0.3, -0.25) is 10.1 Å². The molecule has 2 aromatic carbocycles. The maximum absolute atomic E-state index is 12.9. The molecule has 2 rings (SSSR count). The Labute approximate surface area is 185 Å². The molecule has 1 amide bonds. The maximum Gasteiger partial charge on any atom is 0.408 e. The second-order valence-corrected chi connectivity index (χ2v) is 9.74. The van der Waals surface area contributed by atoms with Gasteiger partial charge in [0.25, 0.3) is 5.69 Å². The van der Waals surface area contributed by atoms with Crippen molar-refractivity contribution in [2.75, 3.05) is 7.11 Å². The molecule has 1 N–H and O–H groups in total. The van der Waals surface area contributed by atoms with Gasteiger partial charge in [0.2, 0.25) is 9.84 Å². The van der Waals surface area contributed by atoms with Gasteiger partial charge >= 0.3 is 12.1 Å². The molecule has 0 aromatic heterocycles. The van der Waals surface area contributed by atoms with Gasteiger partial charge in [-0.1, -0.05) is 18.2 Å². The van der Waals surface area contributed by atoms with Crippen molar-refractivity contribution >= 4 is 27.6 Å². The Morgan fingerprint density at radius 1 is 1.09 bits per heavy atom. The van der Waals surface area contributed by atoms with Crippen LogP contribution in [0.25, 0.3) is 0 Å². The van der Waals surface area contributed by atoms with Crippen molar-refractivity contribution in [1.29, 1.82) is 0 Å². The van der Waals surface area contributed by atoms with Crippen LogP contribution in [0.2, 0.25) is 0 Å². The highest BCUT2D eigenvalue weighted by Crippen LogP contribution is 2.28. The lowest BCUT2D eigenvalue weighted by Gasteiger charge is -2.22. The lowest BCUT2D eigenvalue weighted by Crippen LogP contribution is -2.45. The van der Waals surface area contributed by atoms with Gasteiger partial charge in [0.1, 0.15) is 11.6 Å². The molecule has 11 heteroatoms. The number of nitro groups is 1. The second kappa shape index (κ2) is 9.77. The molecule has 0 aliphatic rings. The van der Waals surface area contributed by atoms with Crippen LogP contribution < -0.4 is 5.32 Å². The molecular formula is C21H24N2O8S. The predicted octanol–water partition coefficient (Wildman–Crippen LogP) is 3.04. The minimum atomic E-state index is -3.96. The van der Waals surface area contributed by atoms with Crippen molar-refractivity contribution in [2.45, 2.75) is 48.6 Å². The first-order chi connectivity index (χ1) is 14.8. The highest BCUT2D eigenvalue weighted by molar-refractivity contribution is 7.91. The molecule has 0 unspecified atom stereocenters.